The van der Waals surface area contributed by atoms with Gasteiger partial charge in [0.15, 0.2) is 11.5 Å². The summed E-state index contributed by atoms with van der Waals surface area (Å²) in [6, 6.07) is 13.2. The summed E-state index contributed by atoms with van der Waals surface area (Å²) in [6.45, 7) is 3.82. The number of anilines is 2. The van der Waals surface area contributed by atoms with E-state index >= 15 is 0 Å². The molecule has 0 saturated carbocycles. The molecule has 8 nitrogen and oxygen atoms in total. The van der Waals surface area contributed by atoms with Crippen LogP contribution in [-0.2, 0) is 4.74 Å². The summed E-state index contributed by atoms with van der Waals surface area (Å²) in [5.74, 6) is 0.567. The Morgan fingerprint density at radius 3 is 2.71 bits per heavy atom. The zero-order valence-electron chi connectivity index (χ0n) is 19.2. The molecule has 0 atom stereocenters. The van der Waals surface area contributed by atoms with Gasteiger partial charge in [-0.05, 0) is 42.8 Å². The van der Waals surface area contributed by atoms with E-state index in [4.69, 9.17) is 22.1 Å². The van der Waals surface area contributed by atoms with E-state index in [1.807, 2.05) is 66.2 Å². The van der Waals surface area contributed by atoms with Crippen LogP contribution in [0.1, 0.15) is 15.9 Å². The van der Waals surface area contributed by atoms with Crippen molar-refractivity contribution in [2.75, 3.05) is 38.7 Å². The number of aryl methyl sites for hydroxylation is 1. The number of nitrogens with one attached hydrogen (secondary N) is 1. The highest BCUT2D eigenvalue weighted by Crippen LogP contribution is 2.27. The summed E-state index contributed by atoms with van der Waals surface area (Å²) in [7, 11) is 1.76. The van der Waals surface area contributed by atoms with Gasteiger partial charge in [-0.2, -0.15) is 0 Å². The van der Waals surface area contributed by atoms with Crippen LogP contribution in [0.4, 0.5) is 11.5 Å². The van der Waals surface area contributed by atoms with Gasteiger partial charge in [0.1, 0.15) is 0 Å². The average molecular weight is 479 g/mol. The second kappa shape index (κ2) is 10.6. The molecule has 4 aromatic rings. The molecule has 0 bridgehead atoms. The fourth-order valence-corrected chi connectivity index (χ4v) is 3.78. The van der Waals surface area contributed by atoms with E-state index in [9.17, 15) is 4.79 Å². The molecular formula is C25H27ClN6O2. The summed E-state index contributed by atoms with van der Waals surface area (Å²) in [4.78, 5) is 23.5. The molecule has 0 unspecified atom stereocenters. The average Bonchev–Trinajstić information content (AvgIpc) is 3.27. The fraction of sp³-hybridized carbons (Fsp3) is 0.240. The van der Waals surface area contributed by atoms with Crippen LogP contribution in [0.5, 0.6) is 0 Å². The first-order chi connectivity index (χ1) is 16.5. The summed E-state index contributed by atoms with van der Waals surface area (Å²) < 4.78 is 7.35. The number of aromatic nitrogens is 3. The Labute approximate surface area is 203 Å². The Balaban J connectivity index is 1.52. The topological polar surface area (TPSA) is 97.8 Å². The molecular weight excluding hydrogens is 452 g/mol. The number of hydrogen-bond donors (Lipinski definition) is 2. The number of carbonyl (C=O) groups excluding carboxylic acids is 1. The number of rotatable bonds is 9. The maximum Gasteiger partial charge on any atom is 0.253 e. The monoisotopic (exact) mass is 478 g/mol. The van der Waals surface area contributed by atoms with E-state index in [0.717, 1.165) is 22.5 Å². The molecule has 2 aromatic heterocycles. The quantitative estimate of drug-likeness (QED) is 0.351. The number of likely N-dealkylation sites (N-methyl/N-ethyl adjacent to an activating group) is 1. The number of amides is 1. The first kappa shape index (κ1) is 23.7. The third kappa shape index (κ3) is 5.20. The van der Waals surface area contributed by atoms with E-state index in [2.05, 4.69) is 15.3 Å². The number of hydrogen-bond acceptors (Lipinski definition) is 6. The van der Waals surface area contributed by atoms with E-state index in [1.54, 1.807) is 18.1 Å². The molecule has 4 rings (SSSR count). The Morgan fingerprint density at radius 1 is 1.18 bits per heavy atom. The second-order valence-electron chi connectivity index (χ2n) is 7.90. The molecule has 3 N–H and O–H groups in total. The minimum absolute atomic E-state index is 0.0542. The van der Waals surface area contributed by atoms with Gasteiger partial charge in [-0.1, -0.05) is 23.7 Å². The zero-order chi connectivity index (χ0) is 24.1. The molecule has 2 heterocycles. The van der Waals surface area contributed by atoms with Crippen molar-refractivity contribution in [1.29, 1.82) is 0 Å². The van der Waals surface area contributed by atoms with Crippen LogP contribution in [-0.4, -0.2) is 58.5 Å². The SMILES string of the molecule is Cc1cc(Nc2nccn3c(-c4ccc(Cl)cc4)cnc23)ccc1C(=O)N(C)CCOCCN. The Bertz CT molecular complexity index is 1290. The van der Waals surface area contributed by atoms with Crippen molar-refractivity contribution in [3.05, 3.63) is 77.2 Å². The minimum Gasteiger partial charge on any atom is -0.378 e. The summed E-state index contributed by atoms with van der Waals surface area (Å²) >= 11 is 6.03. The zero-order valence-corrected chi connectivity index (χ0v) is 19.9. The first-order valence-electron chi connectivity index (χ1n) is 11.0. The van der Waals surface area contributed by atoms with Gasteiger partial charge in [-0.25, -0.2) is 9.97 Å². The molecule has 0 aliphatic heterocycles. The fourth-order valence-electron chi connectivity index (χ4n) is 3.65. The lowest BCUT2D eigenvalue weighted by atomic mass is 10.1. The lowest BCUT2D eigenvalue weighted by Gasteiger charge is -2.19. The van der Waals surface area contributed by atoms with Crippen LogP contribution in [0.2, 0.25) is 5.02 Å². The molecule has 9 heteroatoms. The number of ether oxygens (including phenoxy) is 1. The predicted octanol–water partition coefficient (Wildman–Crippen LogP) is 4.15. The van der Waals surface area contributed by atoms with Crippen LogP contribution in [0.15, 0.2) is 61.1 Å². The number of carbonyl (C=O) groups is 1. The largest absolute Gasteiger partial charge is 0.378 e. The number of nitrogens with two attached hydrogens (primary N) is 1. The van der Waals surface area contributed by atoms with Gasteiger partial charge >= 0.3 is 0 Å². The maximum absolute atomic E-state index is 12.8. The first-order valence-corrected chi connectivity index (χ1v) is 11.3. The van der Waals surface area contributed by atoms with Crippen molar-refractivity contribution < 1.29 is 9.53 Å². The van der Waals surface area contributed by atoms with Gasteiger partial charge in [-0.3, -0.25) is 9.20 Å². The van der Waals surface area contributed by atoms with Crippen molar-refractivity contribution in [1.82, 2.24) is 19.3 Å². The van der Waals surface area contributed by atoms with Crippen molar-refractivity contribution >= 4 is 34.7 Å². The standard InChI is InChI=1S/C25H27ClN6O2/c1-17-15-20(7-8-21(17)25(33)31(2)12-14-34-13-9-27)30-23-24-29-16-22(32(24)11-10-28-23)18-3-5-19(26)6-4-18/h3-8,10-11,15-16H,9,12-14,27H2,1-2H3,(H,28,30). The highest BCUT2D eigenvalue weighted by atomic mass is 35.5. The van der Waals surface area contributed by atoms with Gasteiger partial charge in [0.25, 0.3) is 5.91 Å². The van der Waals surface area contributed by atoms with Gasteiger partial charge in [0.05, 0.1) is 25.1 Å². The van der Waals surface area contributed by atoms with Crippen LogP contribution in [0, 0.1) is 6.92 Å². The summed E-state index contributed by atoms with van der Waals surface area (Å²) in [5, 5.41) is 4.02. The van der Waals surface area contributed by atoms with E-state index < -0.39 is 0 Å². The van der Waals surface area contributed by atoms with Gasteiger partial charge in [0, 0.05) is 54.4 Å². The third-order valence-electron chi connectivity index (χ3n) is 5.47. The Kier molecular flexibility index (Phi) is 7.42. The number of halogens is 1. The van der Waals surface area contributed by atoms with E-state index in [0.29, 0.717) is 48.4 Å². The molecule has 1 amide bonds. The summed E-state index contributed by atoms with van der Waals surface area (Å²) in [6.07, 6.45) is 5.41. The molecule has 0 radical (unpaired) electrons. The van der Waals surface area contributed by atoms with Gasteiger partial charge in [-0.15, -0.1) is 0 Å². The minimum atomic E-state index is -0.0542. The highest BCUT2D eigenvalue weighted by Gasteiger charge is 2.15. The Hall–Kier alpha value is -3.46. The van der Waals surface area contributed by atoms with Crippen molar-refractivity contribution in [2.24, 2.45) is 5.73 Å². The lowest BCUT2D eigenvalue weighted by molar-refractivity contribution is 0.0703. The van der Waals surface area contributed by atoms with Gasteiger partial charge in [0.2, 0.25) is 0 Å². The number of imidazole rings is 1. The van der Waals surface area contributed by atoms with Crippen molar-refractivity contribution in [2.45, 2.75) is 6.92 Å². The Morgan fingerprint density at radius 2 is 1.97 bits per heavy atom. The third-order valence-corrected chi connectivity index (χ3v) is 5.72. The van der Waals surface area contributed by atoms with Crippen LogP contribution in [0.25, 0.3) is 16.9 Å². The van der Waals surface area contributed by atoms with Crippen LogP contribution < -0.4 is 11.1 Å². The molecule has 0 spiro atoms. The number of fused-ring (bicyclic) bond motifs is 1. The normalized spacial score (nSPS) is 11.1. The van der Waals surface area contributed by atoms with Crippen LogP contribution in [0.3, 0.4) is 0 Å². The second-order valence-corrected chi connectivity index (χ2v) is 8.34. The molecule has 0 aliphatic carbocycles. The molecule has 2 aromatic carbocycles. The van der Waals surface area contributed by atoms with E-state index in [-0.39, 0.29) is 5.91 Å². The molecule has 0 saturated heterocycles. The molecule has 0 fully saturated rings. The highest BCUT2D eigenvalue weighted by molar-refractivity contribution is 6.30. The lowest BCUT2D eigenvalue weighted by Crippen LogP contribution is -2.31. The number of benzene rings is 2. The molecule has 34 heavy (non-hydrogen) atoms. The molecule has 0 aliphatic rings. The van der Waals surface area contributed by atoms with Crippen molar-refractivity contribution in [3.8, 4) is 11.3 Å². The summed E-state index contributed by atoms with van der Waals surface area (Å²) in [5.41, 5.74) is 10.4. The maximum atomic E-state index is 12.8. The van der Waals surface area contributed by atoms with Crippen molar-refractivity contribution in [3.63, 3.8) is 0 Å². The smallest absolute Gasteiger partial charge is 0.253 e. The predicted molar refractivity (Wildman–Crippen MR) is 135 cm³/mol. The van der Waals surface area contributed by atoms with Crippen LogP contribution >= 0.6 is 11.6 Å². The van der Waals surface area contributed by atoms with Gasteiger partial charge < -0.3 is 20.7 Å². The molecule has 176 valence electrons. The van der Waals surface area contributed by atoms with E-state index in [1.165, 1.54) is 0 Å². The number of nitrogens with zero attached hydrogens (tertiary/aromatic N) is 4.